The van der Waals surface area contributed by atoms with Crippen molar-refractivity contribution in [3.05, 3.63) is 47.2 Å². The first-order valence-electron chi connectivity index (χ1n) is 5.84. The quantitative estimate of drug-likeness (QED) is 0.844. The van der Waals surface area contributed by atoms with Gasteiger partial charge in [0.1, 0.15) is 0 Å². The zero-order valence-electron chi connectivity index (χ0n) is 10.8. The molecule has 0 saturated carbocycles. The molecular formula is C15H18N2. The van der Waals surface area contributed by atoms with Crippen molar-refractivity contribution in [3.8, 4) is 11.3 Å². The summed E-state index contributed by atoms with van der Waals surface area (Å²) in [5, 5.41) is 3.14. The number of nitrogens with zero attached hydrogens (tertiary/aromatic N) is 1. The van der Waals surface area contributed by atoms with Gasteiger partial charge in [-0.25, -0.2) is 0 Å². The fourth-order valence-electron chi connectivity index (χ4n) is 1.97. The van der Waals surface area contributed by atoms with E-state index in [1.54, 1.807) is 0 Å². The topological polar surface area (TPSA) is 24.9 Å². The van der Waals surface area contributed by atoms with Gasteiger partial charge < -0.3 is 5.32 Å². The smallest absolute Gasteiger partial charge is 0.0725 e. The lowest BCUT2D eigenvalue weighted by Gasteiger charge is -2.10. The van der Waals surface area contributed by atoms with Gasteiger partial charge in [0.2, 0.25) is 0 Å². The van der Waals surface area contributed by atoms with Crippen LogP contribution in [0.15, 0.2) is 30.5 Å². The Morgan fingerprint density at radius 2 is 1.65 bits per heavy atom. The van der Waals surface area contributed by atoms with Crippen LogP contribution in [0, 0.1) is 20.8 Å². The molecule has 2 heteroatoms. The monoisotopic (exact) mass is 226 g/mol. The molecule has 0 atom stereocenters. The molecular weight excluding hydrogens is 208 g/mol. The van der Waals surface area contributed by atoms with Crippen LogP contribution in [0.1, 0.15) is 16.7 Å². The SMILES string of the molecule is CNc1ccnc(-c2cc(C)c(C)cc2C)c1. The molecule has 17 heavy (non-hydrogen) atoms. The number of hydrogen-bond acceptors (Lipinski definition) is 2. The van der Waals surface area contributed by atoms with E-state index in [2.05, 4.69) is 49.3 Å². The molecule has 0 aliphatic carbocycles. The van der Waals surface area contributed by atoms with Crippen LogP contribution < -0.4 is 5.32 Å². The summed E-state index contributed by atoms with van der Waals surface area (Å²) in [6, 6.07) is 8.49. The molecule has 1 aromatic heterocycles. The number of aryl methyl sites for hydroxylation is 3. The highest BCUT2D eigenvalue weighted by Gasteiger charge is 2.06. The third-order valence-electron chi connectivity index (χ3n) is 3.17. The number of anilines is 1. The predicted octanol–water partition coefficient (Wildman–Crippen LogP) is 3.72. The average molecular weight is 226 g/mol. The minimum atomic E-state index is 1.03. The van der Waals surface area contributed by atoms with E-state index < -0.39 is 0 Å². The summed E-state index contributed by atoms with van der Waals surface area (Å²) in [5.41, 5.74) is 7.24. The van der Waals surface area contributed by atoms with Gasteiger partial charge in [0, 0.05) is 24.5 Å². The van der Waals surface area contributed by atoms with Crippen LogP contribution in [0.3, 0.4) is 0 Å². The maximum Gasteiger partial charge on any atom is 0.0725 e. The van der Waals surface area contributed by atoms with Gasteiger partial charge in [-0.3, -0.25) is 4.98 Å². The Morgan fingerprint density at radius 1 is 0.941 bits per heavy atom. The Bertz CT molecular complexity index is 545. The van der Waals surface area contributed by atoms with Crippen LogP contribution in [0.2, 0.25) is 0 Å². The molecule has 0 unspecified atom stereocenters. The van der Waals surface area contributed by atoms with Crippen molar-refractivity contribution in [2.75, 3.05) is 12.4 Å². The van der Waals surface area contributed by atoms with Crippen molar-refractivity contribution in [2.24, 2.45) is 0 Å². The van der Waals surface area contributed by atoms with Crippen LogP contribution in [-0.4, -0.2) is 12.0 Å². The summed E-state index contributed by atoms with van der Waals surface area (Å²) in [4.78, 5) is 4.45. The zero-order valence-corrected chi connectivity index (χ0v) is 10.8. The van der Waals surface area contributed by atoms with Crippen LogP contribution in [0.25, 0.3) is 11.3 Å². The van der Waals surface area contributed by atoms with Crippen molar-refractivity contribution in [2.45, 2.75) is 20.8 Å². The molecule has 0 spiro atoms. The molecule has 0 radical (unpaired) electrons. The lowest BCUT2D eigenvalue weighted by Crippen LogP contribution is -1.93. The molecule has 0 bridgehead atoms. The minimum absolute atomic E-state index is 1.03. The second kappa shape index (κ2) is 4.58. The standard InChI is InChI=1S/C15H18N2/c1-10-7-12(3)14(8-11(10)2)15-9-13(16-4)5-6-17-15/h5-9H,1-4H3,(H,16,17). The Labute approximate surface area is 103 Å². The number of nitrogens with one attached hydrogen (secondary N) is 1. The van der Waals surface area contributed by atoms with Crippen LogP contribution >= 0.6 is 0 Å². The third-order valence-corrected chi connectivity index (χ3v) is 3.17. The Morgan fingerprint density at radius 3 is 2.35 bits per heavy atom. The molecule has 1 N–H and O–H groups in total. The van der Waals surface area contributed by atoms with Gasteiger partial charge in [0.25, 0.3) is 0 Å². The summed E-state index contributed by atoms with van der Waals surface area (Å²) in [6.07, 6.45) is 1.84. The van der Waals surface area contributed by atoms with Gasteiger partial charge >= 0.3 is 0 Å². The van der Waals surface area contributed by atoms with Gasteiger partial charge in [0.15, 0.2) is 0 Å². The van der Waals surface area contributed by atoms with Gasteiger partial charge in [-0.15, -0.1) is 0 Å². The van der Waals surface area contributed by atoms with E-state index in [0.717, 1.165) is 11.4 Å². The van der Waals surface area contributed by atoms with Gasteiger partial charge in [-0.05, 0) is 55.7 Å². The lowest BCUT2D eigenvalue weighted by molar-refractivity contribution is 1.26. The van der Waals surface area contributed by atoms with Crippen molar-refractivity contribution in [1.82, 2.24) is 4.98 Å². The van der Waals surface area contributed by atoms with E-state index in [9.17, 15) is 0 Å². The molecule has 88 valence electrons. The zero-order chi connectivity index (χ0) is 12.4. The Hall–Kier alpha value is -1.83. The van der Waals surface area contributed by atoms with Crippen molar-refractivity contribution in [3.63, 3.8) is 0 Å². The van der Waals surface area contributed by atoms with E-state index in [-0.39, 0.29) is 0 Å². The maximum atomic E-state index is 4.45. The fraction of sp³-hybridized carbons (Fsp3) is 0.267. The summed E-state index contributed by atoms with van der Waals surface area (Å²) >= 11 is 0. The number of pyridine rings is 1. The highest BCUT2D eigenvalue weighted by Crippen LogP contribution is 2.26. The second-order valence-corrected chi connectivity index (χ2v) is 4.43. The van der Waals surface area contributed by atoms with Crippen LogP contribution in [-0.2, 0) is 0 Å². The molecule has 0 aliphatic rings. The molecule has 2 nitrogen and oxygen atoms in total. The Balaban J connectivity index is 2.56. The first-order chi connectivity index (χ1) is 8.11. The number of aromatic nitrogens is 1. The van der Waals surface area contributed by atoms with Crippen molar-refractivity contribution in [1.29, 1.82) is 0 Å². The van der Waals surface area contributed by atoms with E-state index in [0.29, 0.717) is 0 Å². The molecule has 1 heterocycles. The minimum Gasteiger partial charge on any atom is -0.388 e. The highest BCUT2D eigenvalue weighted by molar-refractivity contribution is 5.68. The van der Waals surface area contributed by atoms with Crippen molar-refractivity contribution < 1.29 is 0 Å². The van der Waals surface area contributed by atoms with Crippen molar-refractivity contribution >= 4 is 5.69 Å². The highest BCUT2D eigenvalue weighted by atomic mass is 14.8. The van der Waals surface area contributed by atoms with E-state index in [1.165, 1.54) is 22.3 Å². The Kier molecular flexibility index (Phi) is 3.14. The summed E-state index contributed by atoms with van der Waals surface area (Å²) in [5.74, 6) is 0. The molecule has 0 amide bonds. The first kappa shape index (κ1) is 11.6. The summed E-state index contributed by atoms with van der Waals surface area (Å²) in [6.45, 7) is 6.42. The largest absolute Gasteiger partial charge is 0.388 e. The number of hydrogen-bond donors (Lipinski definition) is 1. The molecule has 2 rings (SSSR count). The van der Waals surface area contributed by atoms with Crippen LogP contribution in [0.4, 0.5) is 5.69 Å². The van der Waals surface area contributed by atoms with E-state index in [1.807, 2.05) is 19.3 Å². The lowest BCUT2D eigenvalue weighted by atomic mass is 9.98. The second-order valence-electron chi connectivity index (χ2n) is 4.43. The summed E-state index contributed by atoms with van der Waals surface area (Å²) in [7, 11) is 1.92. The van der Waals surface area contributed by atoms with Gasteiger partial charge in [0.05, 0.1) is 5.69 Å². The van der Waals surface area contributed by atoms with Gasteiger partial charge in [-0.1, -0.05) is 6.07 Å². The fourth-order valence-corrected chi connectivity index (χ4v) is 1.97. The molecule has 0 saturated heterocycles. The van der Waals surface area contributed by atoms with Crippen LogP contribution in [0.5, 0.6) is 0 Å². The summed E-state index contributed by atoms with van der Waals surface area (Å²) < 4.78 is 0. The van der Waals surface area contributed by atoms with E-state index in [4.69, 9.17) is 0 Å². The van der Waals surface area contributed by atoms with E-state index >= 15 is 0 Å². The molecule has 0 fully saturated rings. The predicted molar refractivity (Wildman–Crippen MR) is 73.4 cm³/mol. The third kappa shape index (κ3) is 2.31. The van der Waals surface area contributed by atoms with Gasteiger partial charge in [-0.2, -0.15) is 0 Å². The molecule has 2 aromatic rings. The normalized spacial score (nSPS) is 10.4. The first-order valence-corrected chi connectivity index (χ1v) is 5.84. The number of rotatable bonds is 2. The average Bonchev–Trinajstić information content (AvgIpc) is 2.34. The number of benzene rings is 1. The molecule has 0 aliphatic heterocycles. The molecule has 1 aromatic carbocycles. The maximum absolute atomic E-state index is 4.45.